The van der Waals surface area contributed by atoms with E-state index in [9.17, 15) is 19.7 Å². The largest absolute Gasteiger partial charge is 0.459 e. The maximum Gasteiger partial charge on any atom is 0.333 e. The quantitative estimate of drug-likeness (QED) is 0.352. The number of nitro benzene ring substituents is 1. The van der Waals surface area contributed by atoms with Crippen molar-refractivity contribution in [3.63, 3.8) is 0 Å². The van der Waals surface area contributed by atoms with Gasteiger partial charge in [0.1, 0.15) is 6.61 Å². The summed E-state index contributed by atoms with van der Waals surface area (Å²) in [6, 6.07) is 14.5. The van der Waals surface area contributed by atoms with Crippen molar-refractivity contribution >= 4 is 23.1 Å². The zero-order valence-corrected chi connectivity index (χ0v) is 14.3. The molecular weight excluding hydrogens is 348 g/mol. The highest BCUT2D eigenvalue weighted by atomic mass is 16.6. The van der Waals surface area contributed by atoms with Crippen LogP contribution in [0.25, 0.3) is 5.57 Å². The first-order chi connectivity index (χ1) is 13.0. The molecule has 136 valence electrons. The first-order valence-electron chi connectivity index (χ1n) is 8.53. The second-order valence-corrected chi connectivity index (χ2v) is 6.49. The summed E-state index contributed by atoms with van der Waals surface area (Å²) in [4.78, 5) is 36.5. The molecule has 0 N–H and O–H groups in total. The zero-order chi connectivity index (χ0) is 19.0. The maximum absolute atomic E-state index is 12.7. The number of carbonyl (C=O) groups excluding carboxylic acids is 2. The van der Waals surface area contributed by atoms with Gasteiger partial charge in [-0.05, 0) is 28.8 Å². The Morgan fingerprint density at radius 3 is 2.48 bits per heavy atom. The molecule has 0 unspecified atom stereocenters. The highest BCUT2D eigenvalue weighted by molar-refractivity contribution is 6.02. The van der Waals surface area contributed by atoms with Crippen molar-refractivity contribution in [2.75, 3.05) is 0 Å². The summed E-state index contributed by atoms with van der Waals surface area (Å²) < 4.78 is 5.42. The predicted octanol–water partition coefficient (Wildman–Crippen LogP) is 2.70. The Morgan fingerprint density at radius 1 is 1.15 bits per heavy atom. The number of nitrogens with zero attached hydrogens (tertiary/aromatic N) is 2. The lowest BCUT2D eigenvalue weighted by molar-refractivity contribution is -0.384. The standard InChI is InChI=1S/C20H16N2O5/c23-18-11-16-10-17(14-4-2-1-3-5-14)19(21(16)18)20(24)27-12-13-6-8-15(9-7-13)22(25)26/h1-10,16,19H,11-12H2/t16-,19+/m0/s1. The van der Waals surface area contributed by atoms with Crippen molar-refractivity contribution in [1.82, 2.24) is 4.90 Å². The third kappa shape index (κ3) is 3.08. The molecule has 2 aromatic rings. The molecule has 7 heteroatoms. The molecule has 2 aliphatic rings. The molecule has 0 spiro atoms. The molecule has 0 bridgehead atoms. The van der Waals surface area contributed by atoms with Gasteiger partial charge in [-0.15, -0.1) is 0 Å². The third-order valence-electron chi connectivity index (χ3n) is 4.83. The fourth-order valence-electron chi connectivity index (χ4n) is 3.45. The Kier molecular flexibility index (Phi) is 4.19. The van der Waals surface area contributed by atoms with Gasteiger partial charge in [-0.25, -0.2) is 4.79 Å². The molecule has 4 rings (SSSR count). The molecule has 0 saturated carbocycles. The van der Waals surface area contributed by atoms with Crippen LogP contribution in [0.2, 0.25) is 0 Å². The van der Waals surface area contributed by atoms with E-state index in [-0.39, 0.29) is 24.2 Å². The first kappa shape index (κ1) is 17.0. The number of hydrogen-bond donors (Lipinski definition) is 0. The van der Waals surface area contributed by atoms with Gasteiger partial charge in [0.05, 0.1) is 17.4 Å². The molecule has 2 atom stereocenters. The number of fused-ring (bicyclic) bond motifs is 1. The van der Waals surface area contributed by atoms with E-state index in [1.807, 2.05) is 36.4 Å². The Balaban J connectivity index is 1.50. The number of β-lactam (4-membered cyclic amide) rings is 1. The molecule has 0 aliphatic carbocycles. The van der Waals surface area contributed by atoms with Crippen LogP contribution >= 0.6 is 0 Å². The number of amides is 1. The number of esters is 1. The number of rotatable bonds is 5. The van der Waals surface area contributed by atoms with Crippen LogP contribution in [0, 0.1) is 10.1 Å². The van der Waals surface area contributed by atoms with E-state index in [0.29, 0.717) is 12.0 Å². The predicted molar refractivity (Wildman–Crippen MR) is 96.4 cm³/mol. The number of ether oxygens (including phenoxy) is 1. The molecule has 2 aliphatic heterocycles. The first-order valence-corrected chi connectivity index (χ1v) is 8.53. The second kappa shape index (κ2) is 6.68. The molecule has 2 aromatic carbocycles. The molecule has 2 heterocycles. The summed E-state index contributed by atoms with van der Waals surface area (Å²) in [5.41, 5.74) is 2.28. The molecule has 1 fully saturated rings. The van der Waals surface area contributed by atoms with Crippen LogP contribution in [0.1, 0.15) is 17.5 Å². The molecule has 1 amide bonds. The zero-order valence-electron chi connectivity index (χ0n) is 14.3. The van der Waals surface area contributed by atoms with Gasteiger partial charge in [-0.1, -0.05) is 36.4 Å². The minimum absolute atomic E-state index is 0.0118. The van der Waals surface area contributed by atoms with Crippen molar-refractivity contribution in [3.8, 4) is 0 Å². The lowest BCUT2D eigenvalue weighted by Gasteiger charge is -2.38. The van der Waals surface area contributed by atoms with Crippen LogP contribution in [0.3, 0.4) is 0 Å². The minimum atomic E-state index is -0.753. The highest BCUT2D eigenvalue weighted by Crippen LogP contribution is 2.39. The van der Waals surface area contributed by atoms with E-state index in [0.717, 1.165) is 11.1 Å². The lowest BCUT2D eigenvalue weighted by Crippen LogP contribution is -2.55. The van der Waals surface area contributed by atoms with Crippen LogP contribution < -0.4 is 0 Å². The molecule has 27 heavy (non-hydrogen) atoms. The molecule has 7 nitrogen and oxygen atoms in total. The fourth-order valence-corrected chi connectivity index (χ4v) is 3.45. The normalized spacial score (nSPS) is 20.5. The minimum Gasteiger partial charge on any atom is -0.459 e. The summed E-state index contributed by atoms with van der Waals surface area (Å²) in [5.74, 6) is -0.571. The number of benzene rings is 2. The summed E-state index contributed by atoms with van der Waals surface area (Å²) in [6.45, 7) is -0.0118. The summed E-state index contributed by atoms with van der Waals surface area (Å²) >= 11 is 0. The van der Waals surface area contributed by atoms with E-state index in [1.165, 1.54) is 12.1 Å². The van der Waals surface area contributed by atoms with Gasteiger partial charge in [-0.3, -0.25) is 14.9 Å². The summed E-state index contributed by atoms with van der Waals surface area (Å²) in [5, 5.41) is 10.7. The summed E-state index contributed by atoms with van der Waals surface area (Å²) in [6.07, 6.45) is 2.36. The van der Waals surface area contributed by atoms with Gasteiger partial charge in [0, 0.05) is 12.1 Å². The average molecular weight is 364 g/mol. The average Bonchev–Trinajstić information content (AvgIpc) is 3.00. The number of hydrogen-bond acceptors (Lipinski definition) is 5. The van der Waals surface area contributed by atoms with Gasteiger partial charge < -0.3 is 9.64 Å². The van der Waals surface area contributed by atoms with Crippen LogP contribution in [-0.4, -0.2) is 33.8 Å². The van der Waals surface area contributed by atoms with Gasteiger partial charge in [-0.2, -0.15) is 0 Å². The Hall–Kier alpha value is -3.48. The van der Waals surface area contributed by atoms with Crippen LogP contribution in [0.5, 0.6) is 0 Å². The number of non-ortho nitro benzene ring substituents is 1. The smallest absolute Gasteiger partial charge is 0.333 e. The van der Waals surface area contributed by atoms with Gasteiger partial charge in [0.15, 0.2) is 6.04 Å². The van der Waals surface area contributed by atoms with Crippen LogP contribution in [0.4, 0.5) is 5.69 Å². The Morgan fingerprint density at radius 2 is 1.85 bits per heavy atom. The number of carbonyl (C=O) groups is 2. The Labute approximate surface area is 155 Å². The van der Waals surface area contributed by atoms with E-state index < -0.39 is 16.9 Å². The highest BCUT2D eigenvalue weighted by Gasteiger charge is 2.50. The molecular formula is C20H16N2O5. The SMILES string of the molecule is O=C(OCc1ccc([N+](=O)[O-])cc1)[C@H]1C(c2ccccc2)=C[C@H]2CC(=O)N12. The lowest BCUT2D eigenvalue weighted by atomic mass is 10.00. The van der Waals surface area contributed by atoms with Crippen molar-refractivity contribution in [3.05, 3.63) is 81.9 Å². The monoisotopic (exact) mass is 364 g/mol. The van der Waals surface area contributed by atoms with Crippen molar-refractivity contribution in [2.24, 2.45) is 0 Å². The maximum atomic E-state index is 12.7. The topological polar surface area (TPSA) is 89.7 Å². The molecule has 0 radical (unpaired) electrons. The van der Waals surface area contributed by atoms with Crippen molar-refractivity contribution in [2.45, 2.75) is 25.1 Å². The molecule has 0 aromatic heterocycles. The van der Waals surface area contributed by atoms with Crippen LogP contribution in [0.15, 0.2) is 60.7 Å². The van der Waals surface area contributed by atoms with Crippen LogP contribution in [-0.2, 0) is 20.9 Å². The third-order valence-corrected chi connectivity index (χ3v) is 4.83. The van der Waals surface area contributed by atoms with Gasteiger partial charge in [0.25, 0.3) is 5.69 Å². The number of nitro groups is 1. The fraction of sp³-hybridized carbons (Fsp3) is 0.200. The van der Waals surface area contributed by atoms with Gasteiger partial charge in [0.2, 0.25) is 5.91 Å². The Bertz CT molecular complexity index is 937. The van der Waals surface area contributed by atoms with E-state index in [1.54, 1.807) is 17.0 Å². The van der Waals surface area contributed by atoms with Crippen molar-refractivity contribution < 1.29 is 19.2 Å². The summed E-state index contributed by atoms with van der Waals surface area (Å²) in [7, 11) is 0. The second-order valence-electron chi connectivity index (χ2n) is 6.49. The van der Waals surface area contributed by atoms with E-state index >= 15 is 0 Å². The molecule has 1 saturated heterocycles. The van der Waals surface area contributed by atoms with E-state index in [2.05, 4.69) is 0 Å². The van der Waals surface area contributed by atoms with Crippen molar-refractivity contribution in [1.29, 1.82) is 0 Å². The van der Waals surface area contributed by atoms with Gasteiger partial charge >= 0.3 is 5.97 Å². The van der Waals surface area contributed by atoms with E-state index in [4.69, 9.17) is 4.74 Å².